The second kappa shape index (κ2) is 13.7. The minimum Gasteiger partial charge on any atom is -0.248 e. The van der Waals surface area contributed by atoms with Gasteiger partial charge >= 0.3 is 0 Å². The fraction of sp³-hybridized carbons (Fsp3) is 0.0182. The third kappa shape index (κ3) is 5.82. The van der Waals surface area contributed by atoms with Crippen LogP contribution >= 0.6 is 0 Å². The Morgan fingerprint density at radius 2 is 0.825 bits per heavy atom. The highest BCUT2D eigenvalue weighted by molar-refractivity contribution is 6.14. The molecule has 0 fully saturated rings. The molecule has 266 valence electrons. The lowest BCUT2D eigenvalue weighted by atomic mass is 9.88. The molecule has 0 spiro atoms. The zero-order valence-corrected chi connectivity index (χ0v) is 31.2. The Labute approximate surface area is 332 Å². The van der Waals surface area contributed by atoms with E-state index in [2.05, 4.69) is 206 Å². The second-order valence-electron chi connectivity index (χ2n) is 14.9. The molecule has 0 amide bonds. The highest BCUT2D eigenvalue weighted by atomic mass is 14.7. The van der Waals surface area contributed by atoms with Gasteiger partial charge in [-0.2, -0.15) is 0 Å². The van der Waals surface area contributed by atoms with Crippen molar-refractivity contribution in [2.45, 2.75) is 5.92 Å². The summed E-state index contributed by atoms with van der Waals surface area (Å²) in [6.45, 7) is 0. The molecule has 10 aromatic rings. The maximum Gasteiger partial charge on any atom is 0.0722 e. The van der Waals surface area contributed by atoms with Gasteiger partial charge in [0.2, 0.25) is 0 Å². The van der Waals surface area contributed by atoms with E-state index in [0.29, 0.717) is 0 Å². The van der Waals surface area contributed by atoms with Crippen molar-refractivity contribution in [2.24, 2.45) is 0 Å². The van der Waals surface area contributed by atoms with Crippen molar-refractivity contribution in [3.05, 3.63) is 229 Å². The minimum absolute atomic E-state index is 0.210. The van der Waals surface area contributed by atoms with Gasteiger partial charge in [0.25, 0.3) is 0 Å². The van der Waals surface area contributed by atoms with E-state index >= 15 is 0 Å². The normalized spacial score (nSPS) is 12.1. The first-order valence-electron chi connectivity index (χ1n) is 19.6. The largest absolute Gasteiger partial charge is 0.248 e. The topological polar surface area (TPSA) is 25.8 Å². The third-order valence-electron chi connectivity index (χ3n) is 11.5. The van der Waals surface area contributed by atoms with Crippen LogP contribution in [0.3, 0.4) is 0 Å². The summed E-state index contributed by atoms with van der Waals surface area (Å²) in [5, 5.41) is 3.52. The van der Waals surface area contributed by atoms with E-state index in [1.54, 1.807) is 0 Å². The van der Waals surface area contributed by atoms with E-state index in [9.17, 15) is 0 Å². The predicted molar refractivity (Wildman–Crippen MR) is 237 cm³/mol. The van der Waals surface area contributed by atoms with Crippen LogP contribution < -0.4 is 0 Å². The van der Waals surface area contributed by atoms with Crippen LogP contribution in [-0.2, 0) is 0 Å². The van der Waals surface area contributed by atoms with Gasteiger partial charge in [0.05, 0.1) is 22.6 Å². The van der Waals surface area contributed by atoms with Crippen molar-refractivity contribution in [3.63, 3.8) is 0 Å². The van der Waals surface area contributed by atoms with Gasteiger partial charge in [-0.1, -0.05) is 182 Å². The maximum absolute atomic E-state index is 5.27. The summed E-state index contributed by atoms with van der Waals surface area (Å²) in [4.78, 5) is 10.5. The minimum atomic E-state index is 0.210. The zero-order chi connectivity index (χ0) is 37.7. The number of aromatic nitrogens is 2. The van der Waals surface area contributed by atoms with Crippen molar-refractivity contribution >= 4 is 21.7 Å². The van der Waals surface area contributed by atoms with E-state index < -0.39 is 0 Å². The van der Waals surface area contributed by atoms with E-state index in [-0.39, 0.29) is 5.92 Å². The van der Waals surface area contributed by atoms with Crippen LogP contribution in [-0.4, -0.2) is 9.97 Å². The van der Waals surface area contributed by atoms with Gasteiger partial charge in [0, 0.05) is 28.0 Å². The lowest BCUT2D eigenvalue weighted by Gasteiger charge is -2.16. The summed E-state index contributed by atoms with van der Waals surface area (Å²) in [6.07, 6.45) is 0. The number of benzene rings is 8. The number of nitrogens with zero attached hydrogens (tertiary/aromatic N) is 2. The van der Waals surface area contributed by atoms with Crippen LogP contribution in [0.4, 0.5) is 0 Å². The molecule has 0 saturated heterocycles. The van der Waals surface area contributed by atoms with E-state index in [1.807, 2.05) is 6.07 Å². The van der Waals surface area contributed by atoms with Gasteiger partial charge in [-0.15, -0.1) is 0 Å². The highest BCUT2D eigenvalue weighted by Crippen LogP contribution is 2.48. The third-order valence-corrected chi connectivity index (χ3v) is 11.5. The Hall–Kier alpha value is -7.42. The lowest BCUT2D eigenvalue weighted by molar-refractivity contribution is 1.01. The van der Waals surface area contributed by atoms with Crippen LogP contribution in [0.15, 0.2) is 212 Å². The maximum atomic E-state index is 5.27. The van der Waals surface area contributed by atoms with Crippen LogP contribution in [0.2, 0.25) is 0 Å². The molecule has 0 N–H and O–H groups in total. The summed E-state index contributed by atoms with van der Waals surface area (Å²) in [5.41, 5.74) is 18.5. The Morgan fingerprint density at radius 3 is 1.44 bits per heavy atom. The van der Waals surface area contributed by atoms with Gasteiger partial charge in [0.1, 0.15) is 0 Å². The van der Waals surface area contributed by atoms with Crippen molar-refractivity contribution in [3.8, 4) is 67.2 Å². The first-order chi connectivity index (χ1) is 28.2. The molecule has 1 aliphatic carbocycles. The van der Waals surface area contributed by atoms with Gasteiger partial charge in [-0.25, -0.2) is 9.97 Å². The molecule has 1 aliphatic rings. The molecule has 0 aliphatic heterocycles. The summed E-state index contributed by atoms with van der Waals surface area (Å²) >= 11 is 0. The molecule has 2 aromatic heterocycles. The molecule has 0 radical (unpaired) electrons. The first-order valence-corrected chi connectivity index (χ1v) is 19.6. The molecule has 0 saturated carbocycles. The van der Waals surface area contributed by atoms with Crippen molar-refractivity contribution < 1.29 is 0 Å². The Morgan fingerprint density at radius 1 is 0.316 bits per heavy atom. The summed E-state index contributed by atoms with van der Waals surface area (Å²) in [5.74, 6) is 0.210. The molecular formula is C55H36N2. The first kappa shape index (κ1) is 33.0. The van der Waals surface area contributed by atoms with Gasteiger partial charge in [-0.3, -0.25) is 0 Å². The van der Waals surface area contributed by atoms with Crippen LogP contribution in [0.1, 0.15) is 22.6 Å². The molecule has 0 unspecified atom stereocenters. The number of hydrogen-bond acceptors (Lipinski definition) is 2. The fourth-order valence-corrected chi connectivity index (χ4v) is 8.81. The number of rotatable bonds is 6. The van der Waals surface area contributed by atoms with Crippen molar-refractivity contribution in [1.82, 2.24) is 9.97 Å². The summed E-state index contributed by atoms with van der Waals surface area (Å²) < 4.78 is 0. The van der Waals surface area contributed by atoms with E-state index in [1.165, 1.54) is 49.7 Å². The predicted octanol–water partition coefficient (Wildman–Crippen LogP) is 14.3. The van der Waals surface area contributed by atoms with Crippen LogP contribution in [0.5, 0.6) is 0 Å². The van der Waals surface area contributed by atoms with E-state index in [0.717, 1.165) is 55.8 Å². The monoisotopic (exact) mass is 724 g/mol. The van der Waals surface area contributed by atoms with Gasteiger partial charge in [-0.05, 0) is 91.2 Å². The molecule has 0 bridgehead atoms. The molecule has 0 atom stereocenters. The molecule has 2 nitrogen and oxygen atoms in total. The average Bonchev–Trinajstić information content (AvgIpc) is 3.63. The zero-order valence-electron chi connectivity index (χ0n) is 31.2. The van der Waals surface area contributed by atoms with E-state index in [4.69, 9.17) is 9.97 Å². The SMILES string of the molecule is c1ccc(-c2cc(-c3ccc4c(ccc5nc(-c6ccccc6)cc(-c6ccccc6)c54)c3)cc(-c3ccc(C4c5ccccc5-c5ccccc54)cc3)n2)cc1. The Bertz CT molecular complexity index is 3050. The van der Waals surface area contributed by atoms with Gasteiger partial charge in [0.15, 0.2) is 0 Å². The molecule has 8 aromatic carbocycles. The summed E-state index contributed by atoms with van der Waals surface area (Å²) in [7, 11) is 0. The Balaban J connectivity index is 1.03. The Kier molecular flexibility index (Phi) is 7.93. The number of fused-ring (bicyclic) bond motifs is 6. The number of hydrogen-bond donors (Lipinski definition) is 0. The van der Waals surface area contributed by atoms with Crippen molar-refractivity contribution in [1.29, 1.82) is 0 Å². The molecule has 2 heteroatoms. The molecule has 11 rings (SSSR count). The smallest absolute Gasteiger partial charge is 0.0722 e. The fourth-order valence-electron chi connectivity index (χ4n) is 8.81. The summed E-state index contributed by atoms with van der Waals surface area (Å²) in [6, 6.07) is 76.3. The van der Waals surface area contributed by atoms with Crippen LogP contribution in [0.25, 0.3) is 88.8 Å². The number of pyridine rings is 2. The highest BCUT2D eigenvalue weighted by Gasteiger charge is 2.29. The standard InChI is InChI=1S/C55H36N2/c1-4-14-36(15-5-1)49-35-53(38-18-8-3-9-19-38)56-50-31-29-42-32-41(28-30-44(42)55(49)50)43-33-51(37-16-6-2-7-17-37)57-52(34-43)39-24-26-40(27-25-39)54-47-22-12-10-20-45(47)46-21-11-13-23-48(46)54/h1-35,54H. The molecule has 2 heterocycles. The lowest BCUT2D eigenvalue weighted by Crippen LogP contribution is -1.99. The van der Waals surface area contributed by atoms with Gasteiger partial charge < -0.3 is 0 Å². The molecule has 57 heavy (non-hydrogen) atoms. The molecular weight excluding hydrogens is 689 g/mol. The average molecular weight is 725 g/mol. The van der Waals surface area contributed by atoms with Crippen LogP contribution in [0, 0.1) is 0 Å². The van der Waals surface area contributed by atoms with Crippen molar-refractivity contribution in [2.75, 3.05) is 0 Å². The quantitative estimate of drug-likeness (QED) is 0.160. The second-order valence-corrected chi connectivity index (χ2v) is 14.9.